The molecular weight excluding hydrogens is 305 g/mol. The summed E-state index contributed by atoms with van der Waals surface area (Å²) >= 11 is 12.4. The van der Waals surface area contributed by atoms with E-state index in [1.165, 1.54) is 0 Å². The Morgan fingerprint density at radius 1 is 1.05 bits per heavy atom. The Morgan fingerprint density at radius 2 is 1.76 bits per heavy atom. The lowest BCUT2D eigenvalue weighted by molar-refractivity contribution is 0.563. The summed E-state index contributed by atoms with van der Waals surface area (Å²) in [5, 5.41) is 5.69. The fourth-order valence-electron chi connectivity index (χ4n) is 2.43. The average molecular weight is 320 g/mol. The highest BCUT2D eigenvalue weighted by atomic mass is 35.5. The molecule has 21 heavy (non-hydrogen) atoms. The predicted octanol–water partition coefficient (Wildman–Crippen LogP) is 5.59. The van der Waals surface area contributed by atoms with Gasteiger partial charge in [0.05, 0.1) is 0 Å². The van der Waals surface area contributed by atoms with Crippen LogP contribution in [0.25, 0.3) is 11.0 Å². The predicted molar refractivity (Wildman–Crippen MR) is 87.9 cm³/mol. The quantitative estimate of drug-likeness (QED) is 0.678. The van der Waals surface area contributed by atoms with Gasteiger partial charge < -0.3 is 9.73 Å². The Morgan fingerprint density at radius 3 is 2.57 bits per heavy atom. The normalized spacial score (nSPS) is 12.7. The van der Waals surface area contributed by atoms with E-state index in [-0.39, 0.29) is 6.04 Å². The molecule has 0 fully saturated rings. The molecule has 0 aliphatic carbocycles. The van der Waals surface area contributed by atoms with E-state index in [1.54, 1.807) is 0 Å². The first-order chi connectivity index (χ1) is 10.2. The largest absolute Gasteiger partial charge is 0.444 e. The molecule has 2 nitrogen and oxygen atoms in total. The Kier molecular flexibility index (Phi) is 4.20. The number of fused-ring (bicyclic) bond motifs is 1. The van der Waals surface area contributed by atoms with Crippen LogP contribution in [-0.4, -0.2) is 0 Å². The summed E-state index contributed by atoms with van der Waals surface area (Å²) in [4.78, 5) is 0. The van der Waals surface area contributed by atoms with Gasteiger partial charge in [-0.1, -0.05) is 48.0 Å². The van der Waals surface area contributed by atoms with Crippen molar-refractivity contribution in [2.45, 2.75) is 19.5 Å². The molecule has 0 saturated carbocycles. The van der Waals surface area contributed by atoms with Gasteiger partial charge in [-0.05, 0) is 36.2 Å². The van der Waals surface area contributed by atoms with Crippen LogP contribution in [0.5, 0.6) is 0 Å². The topological polar surface area (TPSA) is 25.2 Å². The molecule has 0 bridgehead atoms. The summed E-state index contributed by atoms with van der Waals surface area (Å²) in [7, 11) is 0. The molecule has 0 spiro atoms. The van der Waals surface area contributed by atoms with Crippen LogP contribution >= 0.6 is 23.2 Å². The van der Waals surface area contributed by atoms with E-state index in [1.807, 2.05) is 48.5 Å². The minimum absolute atomic E-state index is 0.128. The lowest BCUT2D eigenvalue weighted by Gasteiger charge is -2.15. The van der Waals surface area contributed by atoms with Crippen molar-refractivity contribution in [3.8, 4) is 0 Å². The van der Waals surface area contributed by atoms with Gasteiger partial charge in [0, 0.05) is 28.6 Å². The Hall–Kier alpha value is -1.48. The van der Waals surface area contributed by atoms with Crippen LogP contribution < -0.4 is 5.32 Å². The number of hydrogen-bond acceptors (Lipinski definition) is 2. The molecular formula is C17H15Cl2NO. The third-order valence-electron chi connectivity index (χ3n) is 3.61. The molecule has 2 aromatic carbocycles. The zero-order chi connectivity index (χ0) is 14.8. The first-order valence-corrected chi connectivity index (χ1v) is 7.56. The van der Waals surface area contributed by atoms with Crippen molar-refractivity contribution in [1.82, 2.24) is 5.32 Å². The van der Waals surface area contributed by atoms with Crippen LogP contribution in [0.1, 0.15) is 24.1 Å². The number of para-hydroxylation sites is 1. The Labute approximate surface area is 133 Å². The molecule has 3 rings (SSSR count). The fraction of sp³-hybridized carbons (Fsp3) is 0.176. The molecule has 0 radical (unpaired) electrons. The van der Waals surface area contributed by atoms with Crippen LogP contribution in [0.4, 0.5) is 0 Å². The Balaban J connectivity index is 1.81. The van der Waals surface area contributed by atoms with Gasteiger partial charge in [0.2, 0.25) is 0 Å². The molecule has 1 atom stereocenters. The lowest BCUT2D eigenvalue weighted by atomic mass is 10.1. The molecule has 1 heterocycles. The highest BCUT2D eigenvalue weighted by Gasteiger charge is 2.14. The SMILES string of the molecule is C[C@@H](NCc1c(Cl)oc2ccccc12)c1ccccc1Cl. The Bertz CT molecular complexity index is 766. The summed E-state index contributed by atoms with van der Waals surface area (Å²) in [6, 6.07) is 15.8. The molecule has 0 aliphatic heterocycles. The van der Waals surface area contributed by atoms with Gasteiger partial charge in [-0.15, -0.1) is 0 Å². The maximum atomic E-state index is 6.22. The van der Waals surface area contributed by atoms with Crippen LogP contribution in [0.3, 0.4) is 0 Å². The molecule has 0 amide bonds. The summed E-state index contributed by atoms with van der Waals surface area (Å²) in [5.74, 6) is 0. The van der Waals surface area contributed by atoms with Gasteiger partial charge >= 0.3 is 0 Å². The van der Waals surface area contributed by atoms with Gasteiger partial charge in [-0.2, -0.15) is 0 Å². The van der Waals surface area contributed by atoms with Crippen LogP contribution in [-0.2, 0) is 6.54 Å². The van der Waals surface area contributed by atoms with Gasteiger partial charge in [0.15, 0.2) is 5.22 Å². The van der Waals surface area contributed by atoms with Crippen LogP contribution in [0.15, 0.2) is 52.9 Å². The number of rotatable bonds is 4. The highest BCUT2D eigenvalue weighted by molar-refractivity contribution is 6.31. The second-order valence-electron chi connectivity index (χ2n) is 4.97. The van der Waals surface area contributed by atoms with Crippen molar-refractivity contribution in [2.75, 3.05) is 0 Å². The number of halogens is 2. The number of hydrogen-bond donors (Lipinski definition) is 1. The first-order valence-electron chi connectivity index (χ1n) is 6.80. The lowest BCUT2D eigenvalue weighted by Crippen LogP contribution is -2.18. The van der Waals surface area contributed by atoms with Crippen molar-refractivity contribution in [3.05, 3.63) is 69.9 Å². The monoisotopic (exact) mass is 319 g/mol. The summed E-state index contributed by atoms with van der Waals surface area (Å²) in [5.41, 5.74) is 2.86. The molecule has 0 saturated heterocycles. The van der Waals surface area contributed by atoms with Crippen molar-refractivity contribution in [2.24, 2.45) is 0 Å². The maximum Gasteiger partial charge on any atom is 0.199 e. The molecule has 0 aliphatic rings. The third kappa shape index (κ3) is 2.93. The molecule has 108 valence electrons. The second kappa shape index (κ2) is 6.10. The minimum atomic E-state index is 0.128. The highest BCUT2D eigenvalue weighted by Crippen LogP contribution is 2.30. The van der Waals surface area contributed by atoms with Crippen LogP contribution in [0, 0.1) is 0 Å². The molecule has 1 aromatic heterocycles. The van der Waals surface area contributed by atoms with Gasteiger partial charge in [-0.25, -0.2) is 0 Å². The van der Waals surface area contributed by atoms with E-state index in [0.29, 0.717) is 11.8 Å². The van der Waals surface area contributed by atoms with E-state index in [0.717, 1.165) is 27.1 Å². The molecule has 4 heteroatoms. The zero-order valence-corrected chi connectivity index (χ0v) is 13.1. The maximum absolute atomic E-state index is 6.22. The van der Waals surface area contributed by atoms with E-state index >= 15 is 0 Å². The van der Waals surface area contributed by atoms with Gasteiger partial charge in [-0.3, -0.25) is 0 Å². The van der Waals surface area contributed by atoms with E-state index < -0.39 is 0 Å². The van der Waals surface area contributed by atoms with Crippen molar-refractivity contribution >= 4 is 34.2 Å². The third-order valence-corrected chi connectivity index (χ3v) is 4.26. The zero-order valence-electron chi connectivity index (χ0n) is 11.6. The number of benzene rings is 2. The number of furan rings is 1. The smallest absolute Gasteiger partial charge is 0.199 e. The van der Waals surface area contributed by atoms with E-state index in [4.69, 9.17) is 27.6 Å². The van der Waals surface area contributed by atoms with Crippen molar-refractivity contribution < 1.29 is 4.42 Å². The van der Waals surface area contributed by atoms with Crippen molar-refractivity contribution in [3.63, 3.8) is 0 Å². The van der Waals surface area contributed by atoms with E-state index in [2.05, 4.69) is 12.2 Å². The first kappa shape index (κ1) is 14.5. The van der Waals surface area contributed by atoms with Crippen molar-refractivity contribution in [1.29, 1.82) is 0 Å². The second-order valence-corrected chi connectivity index (χ2v) is 5.73. The fourth-order valence-corrected chi connectivity index (χ4v) is 2.98. The molecule has 0 unspecified atom stereocenters. The number of nitrogens with one attached hydrogen (secondary N) is 1. The van der Waals surface area contributed by atoms with Crippen LogP contribution in [0.2, 0.25) is 10.2 Å². The summed E-state index contributed by atoms with van der Waals surface area (Å²) in [6.07, 6.45) is 0. The summed E-state index contributed by atoms with van der Waals surface area (Å²) < 4.78 is 5.56. The van der Waals surface area contributed by atoms with Gasteiger partial charge in [0.25, 0.3) is 0 Å². The standard InChI is InChI=1S/C17H15Cl2NO/c1-11(12-6-2-4-8-15(12)18)20-10-14-13-7-3-5-9-16(13)21-17(14)19/h2-9,11,20H,10H2,1H3/t11-/m1/s1. The average Bonchev–Trinajstić information content (AvgIpc) is 2.81. The van der Waals surface area contributed by atoms with E-state index in [9.17, 15) is 0 Å². The molecule has 1 N–H and O–H groups in total. The van der Waals surface area contributed by atoms with Gasteiger partial charge in [0.1, 0.15) is 5.58 Å². The minimum Gasteiger partial charge on any atom is -0.444 e. The molecule has 3 aromatic rings. The summed E-state index contributed by atoms with van der Waals surface area (Å²) in [6.45, 7) is 2.71.